The van der Waals surface area contributed by atoms with Crippen molar-refractivity contribution in [2.45, 2.75) is 6.92 Å². The van der Waals surface area contributed by atoms with Gasteiger partial charge < -0.3 is 11.1 Å². The Morgan fingerprint density at radius 2 is 1.72 bits per heavy atom. The first-order valence-electron chi connectivity index (χ1n) is 5.25. The van der Waals surface area contributed by atoms with Crippen molar-refractivity contribution >= 4 is 33.0 Å². The second-order valence-corrected chi connectivity index (χ2v) is 4.86. The number of hydrogen-bond acceptors (Lipinski definition) is 2. The minimum atomic E-state index is -0.716. The van der Waals surface area contributed by atoms with Crippen molar-refractivity contribution in [1.82, 2.24) is 0 Å². The van der Waals surface area contributed by atoms with Gasteiger partial charge in [0, 0.05) is 15.8 Å². The van der Waals surface area contributed by atoms with Crippen molar-refractivity contribution in [2.24, 2.45) is 0 Å². The molecule has 0 saturated heterocycles. The molecule has 2 aromatic carbocycles. The van der Waals surface area contributed by atoms with Gasteiger partial charge in [0.1, 0.15) is 5.69 Å². The van der Waals surface area contributed by atoms with Gasteiger partial charge in [0.15, 0.2) is 11.6 Å². The van der Waals surface area contributed by atoms with Crippen LogP contribution in [-0.2, 0) is 0 Å². The number of nitrogens with one attached hydrogen (secondary N) is 1. The SMILES string of the molecule is Cc1ccc(Br)cc1Nc1c(F)cc(N)cc1F. The normalized spacial score (nSPS) is 10.4. The van der Waals surface area contributed by atoms with E-state index in [0.29, 0.717) is 5.69 Å². The number of benzene rings is 2. The molecule has 0 aliphatic heterocycles. The molecule has 94 valence electrons. The van der Waals surface area contributed by atoms with E-state index in [1.807, 2.05) is 19.1 Å². The van der Waals surface area contributed by atoms with Crippen molar-refractivity contribution in [3.8, 4) is 0 Å². The number of halogens is 3. The first-order chi connectivity index (χ1) is 8.47. The molecule has 0 atom stereocenters. The smallest absolute Gasteiger partial charge is 0.151 e. The van der Waals surface area contributed by atoms with Crippen LogP contribution in [0.2, 0.25) is 0 Å². The maximum atomic E-state index is 13.6. The molecule has 0 heterocycles. The van der Waals surface area contributed by atoms with E-state index in [0.717, 1.165) is 22.2 Å². The van der Waals surface area contributed by atoms with Crippen LogP contribution in [0.15, 0.2) is 34.8 Å². The van der Waals surface area contributed by atoms with E-state index in [9.17, 15) is 8.78 Å². The highest BCUT2D eigenvalue weighted by Crippen LogP contribution is 2.28. The van der Waals surface area contributed by atoms with E-state index < -0.39 is 11.6 Å². The summed E-state index contributed by atoms with van der Waals surface area (Å²) in [6, 6.07) is 7.62. The summed E-state index contributed by atoms with van der Waals surface area (Å²) in [6.45, 7) is 1.85. The summed E-state index contributed by atoms with van der Waals surface area (Å²) >= 11 is 3.31. The zero-order valence-corrected chi connectivity index (χ0v) is 11.2. The maximum absolute atomic E-state index is 13.6. The van der Waals surface area contributed by atoms with Crippen LogP contribution in [-0.4, -0.2) is 0 Å². The highest BCUT2D eigenvalue weighted by Gasteiger charge is 2.11. The Morgan fingerprint density at radius 1 is 1.11 bits per heavy atom. The van der Waals surface area contributed by atoms with Gasteiger partial charge in [-0.05, 0) is 36.8 Å². The third-order valence-corrected chi connectivity index (χ3v) is 3.02. The van der Waals surface area contributed by atoms with Gasteiger partial charge in [-0.15, -0.1) is 0 Å². The summed E-state index contributed by atoms with van der Waals surface area (Å²) < 4.78 is 28.1. The minimum Gasteiger partial charge on any atom is -0.399 e. The van der Waals surface area contributed by atoms with Gasteiger partial charge in [0.05, 0.1) is 0 Å². The Labute approximate surface area is 112 Å². The highest BCUT2D eigenvalue weighted by molar-refractivity contribution is 9.10. The van der Waals surface area contributed by atoms with Crippen LogP contribution >= 0.6 is 15.9 Å². The molecule has 0 bridgehead atoms. The number of nitrogens with two attached hydrogens (primary N) is 1. The molecular weight excluding hydrogens is 302 g/mol. The summed E-state index contributed by atoms with van der Waals surface area (Å²) in [5.74, 6) is -1.43. The zero-order chi connectivity index (χ0) is 13.3. The third-order valence-electron chi connectivity index (χ3n) is 2.52. The standard InChI is InChI=1S/C13H11BrF2N2/c1-7-2-3-8(14)4-12(7)18-13-10(15)5-9(17)6-11(13)16/h2-6,18H,17H2,1H3. The Kier molecular flexibility index (Phi) is 3.52. The molecule has 0 saturated carbocycles. The lowest BCUT2D eigenvalue weighted by molar-refractivity contribution is 0.592. The van der Waals surface area contributed by atoms with Crippen LogP contribution in [0.25, 0.3) is 0 Å². The molecular formula is C13H11BrF2N2. The van der Waals surface area contributed by atoms with E-state index >= 15 is 0 Å². The quantitative estimate of drug-likeness (QED) is 0.808. The zero-order valence-electron chi connectivity index (χ0n) is 9.60. The molecule has 3 N–H and O–H groups in total. The average molecular weight is 313 g/mol. The van der Waals surface area contributed by atoms with Gasteiger partial charge in [-0.1, -0.05) is 22.0 Å². The van der Waals surface area contributed by atoms with Crippen LogP contribution in [0.3, 0.4) is 0 Å². The fourth-order valence-electron chi connectivity index (χ4n) is 1.58. The lowest BCUT2D eigenvalue weighted by atomic mass is 10.2. The van der Waals surface area contributed by atoms with Gasteiger partial charge in [0.25, 0.3) is 0 Å². The molecule has 0 aliphatic rings. The molecule has 0 spiro atoms. The molecule has 0 radical (unpaired) electrons. The van der Waals surface area contributed by atoms with E-state index in [-0.39, 0.29) is 11.4 Å². The topological polar surface area (TPSA) is 38.0 Å². The van der Waals surface area contributed by atoms with Crippen molar-refractivity contribution in [2.75, 3.05) is 11.1 Å². The molecule has 18 heavy (non-hydrogen) atoms. The summed E-state index contributed by atoms with van der Waals surface area (Å²) in [4.78, 5) is 0. The third kappa shape index (κ3) is 2.61. The van der Waals surface area contributed by atoms with Gasteiger partial charge in [-0.3, -0.25) is 0 Å². The van der Waals surface area contributed by atoms with Crippen molar-refractivity contribution in [1.29, 1.82) is 0 Å². The molecule has 2 aromatic rings. The van der Waals surface area contributed by atoms with Gasteiger partial charge in [-0.2, -0.15) is 0 Å². The molecule has 0 fully saturated rings. The Bertz CT molecular complexity index is 577. The van der Waals surface area contributed by atoms with Crippen LogP contribution < -0.4 is 11.1 Å². The largest absolute Gasteiger partial charge is 0.399 e. The molecule has 0 unspecified atom stereocenters. The maximum Gasteiger partial charge on any atom is 0.151 e. The summed E-state index contributed by atoms with van der Waals surface area (Å²) in [6.07, 6.45) is 0. The molecule has 2 nitrogen and oxygen atoms in total. The number of hydrogen-bond donors (Lipinski definition) is 2. The first kappa shape index (κ1) is 12.8. The number of nitrogen functional groups attached to an aromatic ring is 1. The van der Waals surface area contributed by atoms with Crippen molar-refractivity contribution in [3.05, 3.63) is 52.0 Å². The summed E-state index contributed by atoms with van der Waals surface area (Å²) in [7, 11) is 0. The Morgan fingerprint density at radius 3 is 2.33 bits per heavy atom. The summed E-state index contributed by atoms with van der Waals surface area (Å²) in [5, 5.41) is 2.74. The monoisotopic (exact) mass is 312 g/mol. The predicted molar refractivity (Wildman–Crippen MR) is 72.9 cm³/mol. The Balaban J connectivity index is 2.43. The van der Waals surface area contributed by atoms with Crippen molar-refractivity contribution < 1.29 is 8.78 Å². The second kappa shape index (κ2) is 4.94. The number of rotatable bonds is 2. The van der Waals surface area contributed by atoms with Gasteiger partial charge in [-0.25, -0.2) is 8.78 Å². The molecule has 0 amide bonds. The highest BCUT2D eigenvalue weighted by atomic mass is 79.9. The fourth-order valence-corrected chi connectivity index (χ4v) is 1.94. The molecule has 0 aliphatic carbocycles. The van der Waals surface area contributed by atoms with Crippen LogP contribution in [0, 0.1) is 18.6 Å². The second-order valence-electron chi connectivity index (χ2n) is 3.94. The van der Waals surface area contributed by atoms with Crippen LogP contribution in [0.4, 0.5) is 25.8 Å². The van der Waals surface area contributed by atoms with E-state index in [4.69, 9.17) is 5.73 Å². The molecule has 0 aromatic heterocycles. The minimum absolute atomic E-state index is 0.0570. The predicted octanol–water partition coefficient (Wildman–Crippen LogP) is 4.36. The van der Waals surface area contributed by atoms with E-state index in [1.165, 1.54) is 0 Å². The molecule has 2 rings (SSSR count). The van der Waals surface area contributed by atoms with E-state index in [2.05, 4.69) is 21.2 Å². The lowest BCUT2D eigenvalue weighted by Crippen LogP contribution is -2.00. The first-order valence-corrected chi connectivity index (χ1v) is 6.04. The average Bonchev–Trinajstić information content (AvgIpc) is 2.28. The number of aryl methyl sites for hydroxylation is 1. The fraction of sp³-hybridized carbons (Fsp3) is 0.0769. The molecule has 5 heteroatoms. The van der Waals surface area contributed by atoms with Crippen LogP contribution in [0.5, 0.6) is 0 Å². The number of anilines is 3. The van der Waals surface area contributed by atoms with E-state index in [1.54, 1.807) is 6.07 Å². The lowest BCUT2D eigenvalue weighted by Gasteiger charge is -2.12. The Hall–Kier alpha value is -1.62. The van der Waals surface area contributed by atoms with Crippen molar-refractivity contribution in [3.63, 3.8) is 0 Å². The van der Waals surface area contributed by atoms with Crippen LogP contribution in [0.1, 0.15) is 5.56 Å². The van der Waals surface area contributed by atoms with Gasteiger partial charge in [0.2, 0.25) is 0 Å². The van der Waals surface area contributed by atoms with Gasteiger partial charge >= 0.3 is 0 Å². The summed E-state index contributed by atoms with van der Waals surface area (Å²) in [5.41, 5.74) is 6.73.